The van der Waals surface area contributed by atoms with E-state index in [9.17, 15) is 13.2 Å². The number of benzene rings is 1. The molecule has 0 radical (unpaired) electrons. The van der Waals surface area contributed by atoms with Crippen molar-refractivity contribution in [1.29, 1.82) is 0 Å². The molecule has 2 aromatic heterocycles. The minimum atomic E-state index is -4.08. The molecule has 0 unspecified atom stereocenters. The lowest BCUT2D eigenvalue weighted by Gasteiger charge is -2.20. The lowest BCUT2D eigenvalue weighted by molar-refractivity contribution is -0.123. The first kappa shape index (κ1) is 20.1. The Bertz CT molecular complexity index is 1070. The van der Waals surface area contributed by atoms with Crippen LogP contribution in [0.15, 0.2) is 33.5 Å². The minimum absolute atomic E-state index is 0.00618. The average Bonchev–Trinajstić information content (AvgIpc) is 3.13. The van der Waals surface area contributed by atoms with Gasteiger partial charge in [-0.05, 0) is 26.0 Å². The van der Waals surface area contributed by atoms with Crippen molar-refractivity contribution < 1.29 is 13.2 Å². The molecular weight excluding hydrogens is 428 g/mol. The van der Waals surface area contributed by atoms with Crippen molar-refractivity contribution in [2.24, 2.45) is 7.05 Å². The van der Waals surface area contributed by atoms with Gasteiger partial charge in [0, 0.05) is 13.6 Å². The van der Waals surface area contributed by atoms with Crippen LogP contribution < -0.4 is 0 Å². The topological polar surface area (TPSA) is 85.2 Å². The molecule has 11 heteroatoms. The predicted molar refractivity (Wildman–Crippen MR) is 108 cm³/mol. The Labute approximate surface area is 170 Å². The van der Waals surface area contributed by atoms with Crippen LogP contribution in [0.3, 0.4) is 0 Å². The van der Waals surface area contributed by atoms with Crippen molar-refractivity contribution in [2.75, 3.05) is 12.3 Å². The van der Waals surface area contributed by atoms with Crippen LogP contribution >= 0.6 is 34.7 Å². The number of aromatic nitrogens is 3. The lowest BCUT2D eigenvalue weighted by atomic mass is 10.3. The van der Waals surface area contributed by atoms with Crippen molar-refractivity contribution in [3.63, 3.8) is 0 Å². The Kier molecular flexibility index (Phi) is 5.80. The van der Waals surface area contributed by atoms with E-state index in [-0.39, 0.29) is 28.0 Å². The second kappa shape index (κ2) is 7.78. The van der Waals surface area contributed by atoms with Gasteiger partial charge in [0.15, 0.2) is 4.34 Å². The number of thiazole rings is 1. The smallest absolute Gasteiger partial charge is 0.271 e. The molecule has 0 fully saturated rings. The second-order valence-corrected chi connectivity index (χ2v) is 10.0. The molecule has 0 aliphatic carbocycles. The first-order chi connectivity index (χ1) is 12.8. The van der Waals surface area contributed by atoms with Crippen LogP contribution in [-0.2, 0) is 21.9 Å². The van der Waals surface area contributed by atoms with Gasteiger partial charge in [-0.15, -0.1) is 11.3 Å². The maximum absolute atomic E-state index is 13.0. The van der Waals surface area contributed by atoms with Crippen molar-refractivity contribution in [3.05, 3.63) is 35.1 Å². The Hall–Kier alpha value is -1.62. The zero-order valence-corrected chi connectivity index (χ0v) is 18.0. The summed E-state index contributed by atoms with van der Waals surface area (Å²) in [4.78, 5) is 17.0. The number of fused-ring (bicyclic) bond motifs is 1. The SMILES string of the molecule is CCN(C(=O)CSc1nc2ccccc2s1)S(=O)(=O)c1c(C)nn(C)c1Cl. The fourth-order valence-electron chi connectivity index (χ4n) is 2.60. The molecule has 0 saturated heterocycles. The van der Waals surface area contributed by atoms with Gasteiger partial charge >= 0.3 is 0 Å². The van der Waals surface area contributed by atoms with Crippen LogP contribution in [0, 0.1) is 6.92 Å². The quantitative estimate of drug-likeness (QED) is 0.542. The highest BCUT2D eigenvalue weighted by molar-refractivity contribution is 8.01. The number of halogens is 1. The van der Waals surface area contributed by atoms with E-state index in [1.54, 1.807) is 20.9 Å². The molecule has 7 nitrogen and oxygen atoms in total. The summed E-state index contributed by atoms with van der Waals surface area (Å²) < 4.78 is 29.8. The molecular formula is C16H17ClN4O3S3. The third kappa shape index (κ3) is 3.84. The standard InChI is InChI=1S/C16H17ClN4O3S3/c1-4-21(27(23,24)14-10(2)19-20(3)15(14)17)13(22)9-25-16-18-11-7-5-6-8-12(11)26-16/h5-8H,4,9H2,1-3H3. The van der Waals surface area contributed by atoms with E-state index in [4.69, 9.17) is 11.6 Å². The van der Waals surface area contributed by atoms with Gasteiger partial charge in [0.1, 0.15) is 10.0 Å². The zero-order chi connectivity index (χ0) is 19.8. The number of nitrogens with zero attached hydrogens (tertiary/aromatic N) is 4. The number of sulfonamides is 1. The summed E-state index contributed by atoms with van der Waals surface area (Å²) in [6, 6.07) is 7.67. The lowest BCUT2D eigenvalue weighted by Crippen LogP contribution is -2.38. The molecule has 0 atom stereocenters. The van der Waals surface area contributed by atoms with Crippen molar-refractivity contribution in [2.45, 2.75) is 23.1 Å². The maximum atomic E-state index is 13.0. The minimum Gasteiger partial charge on any atom is -0.273 e. The van der Waals surface area contributed by atoms with Gasteiger partial charge in [-0.3, -0.25) is 9.48 Å². The van der Waals surface area contributed by atoms with Crippen LogP contribution in [-0.4, -0.2) is 45.7 Å². The molecule has 0 spiro atoms. The number of aryl methyl sites for hydroxylation is 2. The van der Waals surface area contributed by atoms with Crippen molar-refractivity contribution in [1.82, 2.24) is 19.1 Å². The maximum Gasteiger partial charge on any atom is 0.271 e. The fraction of sp³-hybridized carbons (Fsp3) is 0.312. The largest absolute Gasteiger partial charge is 0.273 e. The first-order valence-electron chi connectivity index (χ1n) is 7.98. The molecule has 3 rings (SSSR count). The van der Waals surface area contributed by atoms with Gasteiger partial charge in [-0.2, -0.15) is 5.10 Å². The Morgan fingerprint density at radius 3 is 2.67 bits per heavy atom. The summed E-state index contributed by atoms with van der Waals surface area (Å²) in [6.45, 7) is 3.16. The number of hydrogen-bond donors (Lipinski definition) is 0. The second-order valence-electron chi connectivity index (χ2n) is 5.63. The Balaban J connectivity index is 1.81. The van der Waals surface area contributed by atoms with Gasteiger partial charge in [-0.25, -0.2) is 17.7 Å². The van der Waals surface area contributed by atoms with Crippen molar-refractivity contribution in [3.8, 4) is 0 Å². The number of amides is 1. The molecule has 1 aromatic carbocycles. The monoisotopic (exact) mass is 444 g/mol. The molecule has 0 N–H and O–H groups in total. The van der Waals surface area contributed by atoms with Gasteiger partial charge in [-0.1, -0.05) is 35.5 Å². The highest BCUT2D eigenvalue weighted by Gasteiger charge is 2.33. The number of carbonyl (C=O) groups excluding carboxylic acids is 1. The predicted octanol–water partition coefficient (Wildman–Crippen LogP) is 3.32. The Morgan fingerprint density at radius 2 is 2.07 bits per heavy atom. The average molecular weight is 445 g/mol. The molecule has 0 saturated carbocycles. The summed E-state index contributed by atoms with van der Waals surface area (Å²) in [6.07, 6.45) is 0. The van der Waals surface area contributed by atoms with Crippen molar-refractivity contribution >= 4 is 60.8 Å². The van der Waals surface area contributed by atoms with Crippen LogP contribution in [0.2, 0.25) is 5.15 Å². The van der Waals surface area contributed by atoms with Gasteiger partial charge in [0.05, 0.1) is 21.7 Å². The van der Waals surface area contributed by atoms with Crippen LogP contribution in [0.1, 0.15) is 12.6 Å². The van der Waals surface area contributed by atoms with E-state index in [2.05, 4.69) is 10.1 Å². The normalized spacial score (nSPS) is 11.9. The van der Waals surface area contributed by atoms with Crippen LogP contribution in [0.25, 0.3) is 10.2 Å². The molecule has 0 aliphatic rings. The fourth-order valence-corrected chi connectivity index (χ4v) is 6.75. The zero-order valence-electron chi connectivity index (χ0n) is 14.8. The van der Waals surface area contributed by atoms with Gasteiger partial charge in [0.25, 0.3) is 10.0 Å². The third-order valence-corrected chi connectivity index (χ3v) is 8.56. The number of rotatable bonds is 6. The summed E-state index contributed by atoms with van der Waals surface area (Å²) in [7, 11) is -2.53. The highest BCUT2D eigenvalue weighted by Crippen LogP contribution is 2.31. The third-order valence-electron chi connectivity index (χ3n) is 3.81. The summed E-state index contributed by atoms with van der Waals surface area (Å²) in [5, 5.41) is 4.01. The van der Waals surface area contributed by atoms with E-state index in [1.165, 1.54) is 27.8 Å². The Morgan fingerprint density at radius 1 is 1.37 bits per heavy atom. The highest BCUT2D eigenvalue weighted by atomic mass is 35.5. The van der Waals surface area contributed by atoms with Crippen LogP contribution in [0.5, 0.6) is 0 Å². The molecule has 144 valence electrons. The summed E-state index contributed by atoms with van der Waals surface area (Å²) in [5.74, 6) is -0.565. The molecule has 0 bridgehead atoms. The summed E-state index contributed by atoms with van der Waals surface area (Å²) in [5.41, 5.74) is 1.11. The molecule has 2 heterocycles. The molecule has 27 heavy (non-hydrogen) atoms. The van der Waals surface area contributed by atoms with E-state index < -0.39 is 15.9 Å². The van der Waals surface area contributed by atoms with Gasteiger partial charge in [0.2, 0.25) is 5.91 Å². The van der Waals surface area contributed by atoms with E-state index in [0.717, 1.165) is 14.5 Å². The molecule has 3 aromatic rings. The number of thioether (sulfide) groups is 1. The van der Waals surface area contributed by atoms with E-state index >= 15 is 0 Å². The number of para-hydroxylation sites is 1. The first-order valence-corrected chi connectivity index (χ1v) is 11.6. The molecule has 0 aliphatic heterocycles. The molecule has 1 amide bonds. The van der Waals surface area contributed by atoms with E-state index in [0.29, 0.717) is 4.34 Å². The summed E-state index contributed by atoms with van der Waals surface area (Å²) >= 11 is 8.78. The number of hydrogen-bond acceptors (Lipinski definition) is 7. The van der Waals surface area contributed by atoms with E-state index in [1.807, 2.05) is 24.3 Å². The van der Waals surface area contributed by atoms with Crippen LogP contribution in [0.4, 0.5) is 0 Å². The van der Waals surface area contributed by atoms with Gasteiger partial charge < -0.3 is 0 Å². The number of carbonyl (C=O) groups is 1.